The quantitative estimate of drug-likeness (QED) is 0.249. The minimum absolute atomic E-state index is 0.269. The molecule has 0 heterocycles. The second-order valence-electron chi connectivity index (χ2n) is 8.84. The number of benzene rings is 1. The Hall–Kier alpha value is -2.29. The number of carbonyl (C=O) groups is 1. The number of anilines is 1. The molecule has 0 aromatic heterocycles. The molecule has 3 heteroatoms. The van der Waals surface area contributed by atoms with E-state index in [1.807, 2.05) is 45.0 Å². The first-order valence-electron chi connectivity index (χ1n) is 9.58. The summed E-state index contributed by atoms with van der Waals surface area (Å²) in [7, 11) is 0. The molecule has 1 aromatic rings. The average Bonchev–Trinajstić information content (AvgIpc) is 2.49. The molecule has 0 aliphatic carbocycles. The molecule has 0 saturated heterocycles. The van der Waals surface area contributed by atoms with Crippen molar-refractivity contribution in [1.82, 2.24) is 0 Å². The van der Waals surface area contributed by atoms with Crippen LogP contribution in [0.1, 0.15) is 71.9 Å². The molecule has 0 amide bonds. The van der Waals surface area contributed by atoms with Crippen molar-refractivity contribution >= 4 is 23.8 Å². The van der Waals surface area contributed by atoms with Gasteiger partial charge >= 0.3 is 5.97 Å². The molecule has 0 aliphatic rings. The second-order valence-corrected chi connectivity index (χ2v) is 8.84. The van der Waals surface area contributed by atoms with Crippen LogP contribution in [-0.4, -0.2) is 11.6 Å². The minimum atomic E-state index is -0.504. The van der Waals surface area contributed by atoms with E-state index in [-0.39, 0.29) is 11.4 Å². The molecule has 3 nitrogen and oxygen atoms in total. The zero-order valence-corrected chi connectivity index (χ0v) is 17.8. The van der Waals surface area contributed by atoms with Gasteiger partial charge in [0.05, 0.1) is 0 Å². The minimum Gasteiger partial charge on any atom is -0.457 e. The SMILES string of the molecule is C=C(/C=C/c1ccc(/C=C/C(=O)OC(C)(C)C)c(N)c1)CC(C)(C)CCC. The Morgan fingerprint density at radius 2 is 1.81 bits per heavy atom. The summed E-state index contributed by atoms with van der Waals surface area (Å²) in [6.07, 6.45) is 10.5. The van der Waals surface area contributed by atoms with Gasteiger partial charge in [-0.3, -0.25) is 0 Å². The van der Waals surface area contributed by atoms with Crippen LogP contribution in [0.4, 0.5) is 5.69 Å². The van der Waals surface area contributed by atoms with E-state index in [0.717, 1.165) is 23.1 Å². The van der Waals surface area contributed by atoms with Crippen LogP contribution >= 0.6 is 0 Å². The second kappa shape index (κ2) is 9.59. The predicted molar refractivity (Wildman–Crippen MR) is 117 cm³/mol. The van der Waals surface area contributed by atoms with Gasteiger partial charge in [0.15, 0.2) is 0 Å². The van der Waals surface area contributed by atoms with E-state index in [9.17, 15) is 4.79 Å². The molecule has 1 aromatic carbocycles. The van der Waals surface area contributed by atoms with Crippen molar-refractivity contribution in [3.8, 4) is 0 Å². The number of allylic oxidation sites excluding steroid dienone is 2. The fourth-order valence-corrected chi connectivity index (χ4v) is 3.00. The molecule has 0 bridgehead atoms. The van der Waals surface area contributed by atoms with E-state index in [0.29, 0.717) is 5.69 Å². The van der Waals surface area contributed by atoms with E-state index in [4.69, 9.17) is 10.5 Å². The average molecular weight is 370 g/mol. The van der Waals surface area contributed by atoms with Crippen LogP contribution < -0.4 is 5.73 Å². The summed E-state index contributed by atoms with van der Waals surface area (Å²) in [6.45, 7) is 16.5. The van der Waals surface area contributed by atoms with Crippen LogP contribution in [-0.2, 0) is 9.53 Å². The number of hydrogen-bond acceptors (Lipinski definition) is 3. The van der Waals surface area contributed by atoms with Crippen molar-refractivity contribution in [2.24, 2.45) is 5.41 Å². The molecule has 1 rings (SSSR count). The molecule has 0 aliphatic heterocycles. The van der Waals surface area contributed by atoms with Crippen LogP contribution in [0.15, 0.2) is 42.5 Å². The largest absolute Gasteiger partial charge is 0.457 e. The van der Waals surface area contributed by atoms with E-state index in [1.165, 1.54) is 18.9 Å². The Kier molecular flexibility index (Phi) is 8.08. The number of rotatable bonds is 8. The lowest BCUT2D eigenvalue weighted by Crippen LogP contribution is -2.22. The van der Waals surface area contributed by atoms with Crippen LogP contribution in [0.3, 0.4) is 0 Å². The van der Waals surface area contributed by atoms with Gasteiger partial charge in [0, 0.05) is 11.8 Å². The van der Waals surface area contributed by atoms with Crippen molar-refractivity contribution < 1.29 is 9.53 Å². The van der Waals surface area contributed by atoms with Crippen LogP contribution in [0.2, 0.25) is 0 Å². The third-order valence-electron chi connectivity index (χ3n) is 4.06. The predicted octanol–water partition coefficient (Wildman–Crippen LogP) is 6.41. The highest BCUT2D eigenvalue weighted by molar-refractivity contribution is 5.88. The highest BCUT2D eigenvalue weighted by Crippen LogP contribution is 2.30. The monoisotopic (exact) mass is 369 g/mol. The number of ether oxygens (including phenoxy) is 1. The first kappa shape index (κ1) is 22.8. The van der Waals surface area contributed by atoms with E-state index < -0.39 is 5.60 Å². The molecule has 2 N–H and O–H groups in total. The number of carbonyl (C=O) groups excluding carboxylic acids is 1. The van der Waals surface area contributed by atoms with Gasteiger partial charge in [-0.15, -0.1) is 0 Å². The molecule has 0 radical (unpaired) electrons. The van der Waals surface area contributed by atoms with E-state index in [1.54, 1.807) is 6.08 Å². The first-order valence-corrected chi connectivity index (χ1v) is 9.58. The fraction of sp³-hybridized carbons (Fsp3) is 0.458. The van der Waals surface area contributed by atoms with Gasteiger partial charge in [-0.05, 0) is 62.3 Å². The summed E-state index contributed by atoms with van der Waals surface area (Å²) in [4.78, 5) is 11.8. The number of nitrogens with two attached hydrogens (primary N) is 1. The zero-order valence-electron chi connectivity index (χ0n) is 17.8. The maximum Gasteiger partial charge on any atom is 0.331 e. The Morgan fingerprint density at radius 3 is 2.37 bits per heavy atom. The summed E-state index contributed by atoms with van der Waals surface area (Å²) in [5.74, 6) is -0.378. The molecule has 0 fully saturated rings. The van der Waals surface area contributed by atoms with E-state index >= 15 is 0 Å². The Bertz CT molecular complexity index is 718. The summed E-state index contributed by atoms with van der Waals surface area (Å²) in [5.41, 5.74) is 9.42. The van der Waals surface area contributed by atoms with Gasteiger partial charge in [-0.2, -0.15) is 0 Å². The molecule has 0 unspecified atom stereocenters. The number of nitrogen functional groups attached to an aromatic ring is 1. The molecule has 27 heavy (non-hydrogen) atoms. The Morgan fingerprint density at radius 1 is 1.15 bits per heavy atom. The molecular weight excluding hydrogens is 334 g/mol. The maximum absolute atomic E-state index is 11.8. The van der Waals surface area contributed by atoms with Crippen LogP contribution in [0.25, 0.3) is 12.2 Å². The molecular formula is C24H35NO2. The van der Waals surface area contributed by atoms with Gasteiger partial charge in [-0.25, -0.2) is 4.79 Å². The van der Waals surface area contributed by atoms with Gasteiger partial charge in [0.2, 0.25) is 0 Å². The summed E-state index contributed by atoms with van der Waals surface area (Å²) < 4.78 is 5.26. The van der Waals surface area contributed by atoms with Gasteiger partial charge in [0.25, 0.3) is 0 Å². The fourth-order valence-electron chi connectivity index (χ4n) is 3.00. The van der Waals surface area contributed by atoms with Crippen LogP contribution in [0, 0.1) is 5.41 Å². The topological polar surface area (TPSA) is 52.3 Å². The van der Waals surface area contributed by atoms with Crippen molar-refractivity contribution in [2.45, 2.75) is 66.4 Å². The zero-order chi connectivity index (χ0) is 20.7. The molecule has 0 atom stereocenters. The Balaban J connectivity index is 2.75. The lowest BCUT2D eigenvalue weighted by atomic mass is 9.82. The number of esters is 1. The summed E-state index contributed by atoms with van der Waals surface area (Å²) >= 11 is 0. The van der Waals surface area contributed by atoms with Crippen molar-refractivity contribution in [1.29, 1.82) is 0 Å². The van der Waals surface area contributed by atoms with Crippen molar-refractivity contribution in [3.63, 3.8) is 0 Å². The van der Waals surface area contributed by atoms with Crippen molar-refractivity contribution in [2.75, 3.05) is 5.73 Å². The molecule has 148 valence electrons. The first-order chi connectivity index (χ1) is 12.4. The standard InChI is InChI=1S/C24H35NO2/c1-8-15-24(6,7)17-18(2)9-10-19-11-12-20(21(25)16-19)13-14-22(26)27-23(3,4)5/h9-14,16H,2,8,15,17,25H2,1,3-7H3/b10-9+,14-13+. The summed E-state index contributed by atoms with van der Waals surface area (Å²) in [6, 6.07) is 5.78. The smallest absolute Gasteiger partial charge is 0.331 e. The normalized spacial score (nSPS) is 12.7. The molecule has 0 saturated carbocycles. The van der Waals surface area contributed by atoms with Gasteiger partial charge in [0.1, 0.15) is 5.60 Å². The third kappa shape index (κ3) is 9.28. The third-order valence-corrected chi connectivity index (χ3v) is 4.06. The molecule has 0 spiro atoms. The van der Waals surface area contributed by atoms with Crippen LogP contribution in [0.5, 0.6) is 0 Å². The lowest BCUT2D eigenvalue weighted by Gasteiger charge is -2.24. The van der Waals surface area contributed by atoms with E-state index in [2.05, 4.69) is 33.4 Å². The summed E-state index contributed by atoms with van der Waals surface area (Å²) in [5, 5.41) is 0. The van der Waals surface area contributed by atoms with Gasteiger partial charge < -0.3 is 10.5 Å². The number of hydrogen-bond donors (Lipinski definition) is 1. The highest BCUT2D eigenvalue weighted by atomic mass is 16.6. The van der Waals surface area contributed by atoms with Gasteiger partial charge in [-0.1, -0.05) is 63.6 Å². The Labute approximate surface area is 165 Å². The lowest BCUT2D eigenvalue weighted by molar-refractivity contribution is -0.148. The van der Waals surface area contributed by atoms with Crippen molar-refractivity contribution in [3.05, 3.63) is 53.6 Å². The maximum atomic E-state index is 11.8. The highest BCUT2D eigenvalue weighted by Gasteiger charge is 2.16.